The second kappa shape index (κ2) is 4.54. The minimum absolute atomic E-state index is 0.440. The number of rotatable bonds is 4. The lowest BCUT2D eigenvalue weighted by Crippen LogP contribution is -2.20. The highest BCUT2D eigenvalue weighted by Gasteiger charge is 2.20. The molecule has 4 radical (unpaired) electrons. The average molecular weight is 160 g/mol. The van der Waals surface area contributed by atoms with E-state index < -0.39 is 11.0 Å². The lowest BCUT2D eigenvalue weighted by molar-refractivity contribution is -0.114. The zero-order valence-corrected chi connectivity index (χ0v) is 8.05. The molecule has 0 saturated carbocycles. The zero-order valence-electron chi connectivity index (χ0n) is 8.05. The number of carbonyl (C=O) groups excluding carboxylic acids is 1. The van der Waals surface area contributed by atoms with E-state index in [1.807, 2.05) is 19.9 Å². The predicted octanol–water partition coefficient (Wildman–Crippen LogP) is 1.77. The zero-order chi connectivity index (χ0) is 9.78. The fourth-order valence-electron chi connectivity index (χ4n) is 0.784. The average Bonchev–Trinajstić information content (AvgIpc) is 1.85. The number of allylic oxidation sites excluding steroid dienone is 2. The van der Waals surface area contributed by atoms with Gasteiger partial charge in [0, 0.05) is 0 Å². The summed E-state index contributed by atoms with van der Waals surface area (Å²) in [6.07, 6.45) is 3.46. The summed E-state index contributed by atoms with van der Waals surface area (Å²) in [4.78, 5) is 10.8. The third kappa shape index (κ3) is 4.42. The molecule has 0 spiro atoms. The second-order valence-electron chi connectivity index (χ2n) is 3.60. The first-order valence-corrected chi connectivity index (χ1v) is 4.08. The first-order valence-electron chi connectivity index (χ1n) is 4.08. The Kier molecular flexibility index (Phi) is 4.36. The molecule has 0 N–H and O–H groups in total. The molecule has 1 unspecified atom stereocenters. The van der Waals surface area contributed by atoms with Crippen molar-refractivity contribution in [1.29, 1.82) is 0 Å². The van der Waals surface area contributed by atoms with Crippen molar-refractivity contribution in [3.05, 3.63) is 11.6 Å². The van der Waals surface area contributed by atoms with Crippen LogP contribution in [0.2, 0.25) is 5.31 Å². The largest absolute Gasteiger partial charge is 0.313 e. The van der Waals surface area contributed by atoms with E-state index in [0.29, 0.717) is 6.42 Å². The molecule has 1 atom stereocenters. The Hall–Kier alpha value is -0.460. The summed E-state index contributed by atoms with van der Waals surface area (Å²) in [7, 11) is 10.7. The Bertz CT molecular complexity index is 191. The summed E-state index contributed by atoms with van der Waals surface area (Å²) in [6.45, 7) is 5.68. The summed E-state index contributed by atoms with van der Waals surface area (Å²) in [5.41, 5.74) is 0.792. The lowest BCUT2D eigenvalue weighted by atomic mass is 9.59. The van der Waals surface area contributed by atoms with E-state index in [0.717, 1.165) is 6.42 Å². The molecule has 0 aromatic carbocycles. The number of carbonyl (C=O) groups is 1. The second-order valence-corrected chi connectivity index (χ2v) is 3.60. The van der Waals surface area contributed by atoms with Crippen LogP contribution in [0.4, 0.5) is 0 Å². The topological polar surface area (TPSA) is 17.1 Å². The van der Waals surface area contributed by atoms with Crippen LogP contribution in [0.1, 0.15) is 33.6 Å². The molecule has 0 aliphatic heterocycles. The highest BCUT2D eigenvalue weighted by Crippen LogP contribution is 2.27. The Labute approximate surface area is 77.4 Å². The summed E-state index contributed by atoms with van der Waals surface area (Å²) < 4.78 is 0. The van der Waals surface area contributed by atoms with Crippen LogP contribution in [0, 0.1) is 0 Å². The van der Waals surface area contributed by atoms with Gasteiger partial charge in [0.1, 0.15) is 0 Å². The van der Waals surface area contributed by atoms with Crippen LogP contribution in [0.5, 0.6) is 0 Å². The Morgan fingerprint density at radius 3 is 2.33 bits per heavy atom. The summed E-state index contributed by atoms with van der Waals surface area (Å²) in [5, 5.41) is -0.869. The first-order chi connectivity index (χ1) is 5.36. The molecule has 1 nitrogen and oxygen atoms in total. The Morgan fingerprint density at radius 2 is 2.00 bits per heavy atom. The molecule has 3 heteroatoms. The quantitative estimate of drug-likeness (QED) is 0.452. The van der Waals surface area contributed by atoms with Gasteiger partial charge in [-0.3, -0.25) is 0 Å². The highest BCUT2D eigenvalue weighted by molar-refractivity contribution is 6.64. The van der Waals surface area contributed by atoms with E-state index in [9.17, 15) is 4.79 Å². The van der Waals surface area contributed by atoms with Gasteiger partial charge in [-0.2, -0.15) is 0 Å². The van der Waals surface area contributed by atoms with E-state index in [2.05, 4.69) is 0 Å². The molecule has 12 heavy (non-hydrogen) atoms. The fourth-order valence-corrected chi connectivity index (χ4v) is 0.784. The van der Waals surface area contributed by atoms with Gasteiger partial charge in [-0.15, -0.1) is 0 Å². The molecule has 0 saturated heterocycles. The van der Waals surface area contributed by atoms with Gasteiger partial charge in [0.2, 0.25) is 0 Å². The van der Waals surface area contributed by atoms with Crippen molar-refractivity contribution < 1.29 is 4.79 Å². The smallest absolute Gasteiger partial charge is 0.167 e. The predicted molar refractivity (Wildman–Crippen MR) is 53.5 cm³/mol. The normalized spacial score (nSPS) is 14.9. The molecule has 0 aromatic rings. The van der Waals surface area contributed by atoms with Gasteiger partial charge in [0.05, 0.1) is 13.5 Å². The van der Waals surface area contributed by atoms with Gasteiger partial charge >= 0.3 is 0 Å². The van der Waals surface area contributed by atoms with Crippen LogP contribution in [0.25, 0.3) is 0 Å². The van der Waals surface area contributed by atoms with Crippen LogP contribution in [-0.4, -0.2) is 21.4 Å². The molecule has 0 aliphatic rings. The maximum absolute atomic E-state index is 10.8. The van der Waals surface area contributed by atoms with Crippen LogP contribution < -0.4 is 0 Å². The summed E-state index contributed by atoms with van der Waals surface area (Å²) in [5.74, 6) is 0. The van der Waals surface area contributed by atoms with E-state index in [4.69, 9.17) is 15.7 Å². The van der Waals surface area contributed by atoms with Crippen molar-refractivity contribution in [1.82, 2.24) is 0 Å². The van der Waals surface area contributed by atoms with Crippen LogP contribution >= 0.6 is 0 Å². The SMILES string of the molecule is [B]C(=O)C([B])(C)CCC=C(C)C. The lowest BCUT2D eigenvalue weighted by Gasteiger charge is -2.21. The minimum atomic E-state index is -0.869. The maximum Gasteiger partial charge on any atom is 0.167 e. The van der Waals surface area contributed by atoms with Crippen molar-refractivity contribution >= 4 is 21.4 Å². The standard InChI is InChI=1S/C9H14B2O/c1-7(2)5-4-6-9(3,11)8(10)12/h5H,4,6H2,1-3H3. The van der Waals surface area contributed by atoms with Crippen LogP contribution in [-0.2, 0) is 4.79 Å². The highest BCUT2D eigenvalue weighted by atomic mass is 16.1. The van der Waals surface area contributed by atoms with Crippen molar-refractivity contribution in [3.63, 3.8) is 0 Å². The monoisotopic (exact) mass is 160 g/mol. The van der Waals surface area contributed by atoms with E-state index in [1.165, 1.54) is 5.57 Å². The molecule has 0 aromatic heterocycles. The summed E-state index contributed by atoms with van der Waals surface area (Å²) in [6, 6.07) is 0. The summed E-state index contributed by atoms with van der Waals surface area (Å²) >= 11 is 0. The number of hydrogen-bond donors (Lipinski definition) is 0. The minimum Gasteiger partial charge on any atom is -0.313 e. The van der Waals surface area contributed by atoms with Crippen LogP contribution in [0.3, 0.4) is 0 Å². The third-order valence-electron chi connectivity index (χ3n) is 1.78. The van der Waals surface area contributed by atoms with Gasteiger partial charge in [0.25, 0.3) is 0 Å². The van der Waals surface area contributed by atoms with Crippen molar-refractivity contribution in [2.24, 2.45) is 0 Å². The molecule has 0 amide bonds. The molecule has 0 rings (SSSR count). The van der Waals surface area contributed by atoms with Gasteiger partial charge in [-0.05, 0) is 32.0 Å². The van der Waals surface area contributed by atoms with E-state index >= 15 is 0 Å². The molecule has 0 bridgehead atoms. The van der Waals surface area contributed by atoms with Crippen LogP contribution in [0.15, 0.2) is 11.6 Å². The van der Waals surface area contributed by atoms with Crippen molar-refractivity contribution in [2.45, 2.75) is 38.9 Å². The molecule has 0 aliphatic carbocycles. The fraction of sp³-hybridized carbons (Fsp3) is 0.667. The molecular formula is C9H14B2O. The van der Waals surface area contributed by atoms with E-state index in [-0.39, 0.29) is 0 Å². The Balaban J connectivity index is 3.93. The Morgan fingerprint density at radius 1 is 1.50 bits per heavy atom. The molecule has 0 fully saturated rings. The molecule has 0 heterocycles. The molecular weight excluding hydrogens is 146 g/mol. The van der Waals surface area contributed by atoms with Gasteiger partial charge < -0.3 is 4.79 Å². The molecule has 62 valence electrons. The van der Waals surface area contributed by atoms with Crippen molar-refractivity contribution in [2.75, 3.05) is 0 Å². The van der Waals surface area contributed by atoms with Gasteiger partial charge in [-0.25, -0.2) is 0 Å². The van der Waals surface area contributed by atoms with Crippen molar-refractivity contribution in [3.8, 4) is 0 Å². The third-order valence-corrected chi connectivity index (χ3v) is 1.78. The van der Waals surface area contributed by atoms with Gasteiger partial charge in [0.15, 0.2) is 7.85 Å². The maximum atomic E-state index is 10.8. The van der Waals surface area contributed by atoms with E-state index in [1.54, 1.807) is 6.92 Å². The number of hydrogen-bond acceptors (Lipinski definition) is 1. The van der Waals surface area contributed by atoms with Gasteiger partial charge in [-0.1, -0.05) is 18.6 Å². The first kappa shape index (κ1) is 11.5.